The highest BCUT2D eigenvalue weighted by Crippen LogP contribution is 2.15. The number of rotatable bonds is 5. The van der Waals surface area contributed by atoms with Crippen LogP contribution in [-0.4, -0.2) is 25.2 Å². The van der Waals surface area contributed by atoms with Crippen LogP contribution in [0, 0.1) is 0 Å². The molecule has 0 fully saturated rings. The molecule has 0 radical (unpaired) electrons. The number of fused-ring (bicyclic) bond motifs is 1. The van der Waals surface area contributed by atoms with Crippen molar-refractivity contribution in [2.75, 3.05) is 0 Å². The molecule has 0 saturated carbocycles. The van der Waals surface area contributed by atoms with Crippen molar-refractivity contribution in [3.63, 3.8) is 0 Å². The lowest BCUT2D eigenvalue weighted by Crippen LogP contribution is -2.37. The number of imidazole rings is 1. The average Bonchev–Trinajstić information content (AvgIpc) is 3.27. The Morgan fingerprint density at radius 2 is 1.83 bits per heavy atom. The fourth-order valence-electron chi connectivity index (χ4n) is 3.22. The second-order valence-electron chi connectivity index (χ2n) is 6.73. The molecule has 2 aromatic carbocycles. The second-order valence-corrected chi connectivity index (χ2v) is 6.73. The van der Waals surface area contributed by atoms with Crippen molar-refractivity contribution >= 4 is 16.7 Å². The van der Waals surface area contributed by atoms with Gasteiger partial charge in [0.25, 0.3) is 11.1 Å². The van der Waals surface area contributed by atoms with E-state index in [1.54, 1.807) is 36.8 Å². The summed E-state index contributed by atoms with van der Waals surface area (Å²) in [5, 5.41) is 5.91. The smallest absolute Gasteiger partial charge is 0.273 e. The molecule has 8 heteroatoms. The third-order valence-electron chi connectivity index (χ3n) is 4.76. The van der Waals surface area contributed by atoms with Crippen molar-refractivity contribution < 1.29 is 4.79 Å². The van der Waals surface area contributed by atoms with Gasteiger partial charge in [0.1, 0.15) is 6.54 Å². The Labute approximate surface area is 165 Å². The Kier molecular flexibility index (Phi) is 4.82. The molecule has 0 aliphatic rings. The molecular formula is C21H19N5O3. The number of nitrogens with one attached hydrogen (secondary N) is 2. The second kappa shape index (κ2) is 7.59. The molecular weight excluding hydrogens is 370 g/mol. The summed E-state index contributed by atoms with van der Waals surface area (Å²) in [4.78, 5) is 41.1. The Bertz CT molecular complexity index is 1270. The van der Waals surface area contributed by atoms with E-state index in [0.29, 0.717) is 5.39 Å². The van der Waals surface area contributed by atoms with Crippen molar-refractivity contribution in [1.29, 1.82) is 0 Å². The van der Waals surface area contributed by atoms with E-state index in [1.165, 1.54) is 0 Å². The number of carbonyl (C=O) groups excluding carboxylic acids is 1. The van der Waals surface area contributed by atoms with Gasteiger partial charge >= 0.3 is 0 Å². The van der Waals surface area contributed by atoms with Crippen molar-refractivity contribution in [1.82, 2.24) is 24.6 Å². The number of carbonyl (C=O) groups is 1. The van der Waals surface area contributed by atoms with Crippen LogP contribution in [0.15, 0.2) is 76.8 Å². The Morgan fingerprint density at radius 1 is 1.10 bits per heavy atom. The normalized spacial score (nSPS) is 12.0. The summed E-state index contributed by atoms with van der Waals surface area (Å²) in [7, 11) is 0. The summed E-state index contributed by atoms with van der Waals surface area (Å²) in [6.07, 6.45) is 5.26. The minimum absolute atomic E-state index is 0.262. The first kappa shape index (κ1) is 18.4. The van der Waals surface area contributed by atoms with Crippen LogP contribution in [0.5, 0.6) is 0 Å². The number of aromatic nitrogens is 4. The summed E-state index contributed by atoms with van der Waals surface area (Å²) in [6.45, 7) is 1.59. The predicted molar refractivity (Wildman–Crippen MR) is 109 cm³/mol. The van der Waals surface area contributed by atoms with Gasteiger partial charge in [0.15, 0.2) is 0 Å². The highest BCUT2D eigenvalue weighted by Gasteiger charge is 2.13. The molecule has 0 aliphatic carbocycles. The topological polar surface area (TPSA) is 102 Å². The molecule has 0 saturated heterocycles. The number of amides is 1. The van der Waals surface area contributed by atoms with E-state index in [-0.39, 0.29) is 23.9 Å². The zero-order valence-corrected chi connectivity index (χ0v) is 15.7. The molecule has 1 atom stereocenters. The van der Waals surface area contributed by atoms with Crippen LogP contribution in [0.1, 0.15) is 18.5 Å². The molecule has 0 spiro atoms. The molecule has 2 heterocycles. The van der Waals surface area contributed by atoms with Gasteiger partial charge in [-0.05, 0) is 36.8 Å². The van der Waals surface area contributed by atoms with E-state index in [2.05, 4.69) is 15.4 Å². The van der Waals surface area contributed by atoms with Crippen LogP contribution in [0.2, 0.25) is 0 Å². The van der Waals surface area contributed by atoms with Gasteiger partial charge in [-0.1, -0.05) is 24.3 Å². The lowest BCUT2D eigenvalue weighted by Gasteiger charge is -2.15. The van der Waals surface area contributed by atoms with Crippen LogP contribution >= 0.6 is 0 Å². The molecule has 0 unspecified atom stereocenters. The van der Waals surface area contributed by atoms with Gasteiger partial charge in [-0.15, -0.1) is 0 Å². The first-order chi connectivity index (χ1) is 14.0. The molecule has 4 rings (SSSR count). The first-order valence-corrected chi connectivity index (χ1v) is 9.12. The molecule has 0 bridgehead atoms. The number of aromatic amines is 1. The van der Waals surface area contributed by atoms with E-state index in [0.717, 1.165) is 15.9 Å². The molecule has 2 aromatic heterocycles. The molecule has 8 nitrogen and oxygen atoms in total. The van der Waals surface area contributed by atoms with Crippen LogP contribution < -0.4 is 16.4 Å². The number of hydrogen-bond donors (Lipinski definition) is 2. The number of nitrogens with zero attached hydrogens (tertiary/aromatic N) is 3. The highest BCUT2D eigenvalue weighted by molar-refractivity contribution is 5.81. The standard InChI is InChI=1S/C21H19N5O3/c1-14(15-6-8-16(9-7-15)25-11-10-22-13-25)23-19(27)12-26-21(29)18-5-3-2-4-17(18)20(28)24-26/h2-11,13-14H,12H2,1H3,(H,23,27)(H,24,28)/t14-/m1/s1. The van der Waals surface area contributed by atoms with Gasteiger partial charge in [-0.3, -0.25) is 19.5 Å². The Morgan fingerprint density at radius 3 is 2.52 bits per heavy atom. The Balaban J connectivity index is 1.48. The third kappa shape index (κ3) is 3.73. The monoisotopic (exact) mass is 389 g/mol. The SMILES string of the molecule is C[C@@H](NC(=O)Cn1[nH]c(=O)c2ccccc2c1=O)c1ccc(-n2ccnc2)cc1. The summed E-state index contributed by atoms with van der Waals surface area (Å²) in [5.41, 5.74) is 1.07. The van der Waals surface area contributed by atoms with Crippen molar-refractivity contribution in [2.24, 2.45) is 0 Å². The molecule has 29 heavy (non-hydrogen) atoms. The van der Waals surface area contributed by atoms with Gasteiger partial charge in [0.05, 0.1) is 23.1 Å². The van der Waals surface area contributed by atoms with E-state index in [4.69, 9.17) is 0 Å². The maximum atomic E-state index is 12.5. The zero-order chi connectivity index (χ0) is 20.4. The number of benzene rings is 2. The van der Waals surface area contributed by atoms with Gasteiger partial charge in [-0.2, -0.15) is 0 Å². The van der Waals surface area contributed by atoms with E-state index in [1.807, 2.05) is 42.0 Å². The van der Waals surface area contributed by atoms with Gasteiger partial charge in [0, 0.05) is 18.1 Å². The first-order valence-electron chi connectivity index (χ1n) is 9.12. The fraction of sp³-hybridized carbons (Fsp3) is 0.143. The zero-order valence-electron chi connectivity index (χ0n) is 15.7. The summed E-state index contributed by atoms with van der Waals surface area (Å²) >= 11 is 0. The minimum atomic E-state index is -0.410. The largest absolute Gasteiger partial charge is 0.348 e. The highest BCUT2D eigenvalue weighted by atomic mass is 16.2. The molecule has 0 aliphatic heterocycles. The molecule has 2 N–H and O–H groups in total. The maximum absolute atomic E-state index is 12.5. The summed E-state index contributed by atoms with van der Waals surface area (Å²) in [5.74, 6) is -0.371. The van der Waals surface area contributed by atoms with Crippen molar-refractivity contribution in [2.45, 2.75) is 19.5 Å². The molecule has 146 valence electrons. The van der Waals surface area contributed by atoms with E-state index >= 15 is 0 Å². The lowest BCUT2D eigenvalue weighted by atomic mass is 10.1. The quantitative estimate of drug-likeness (QED) is 0.543. The number of H-pyrrole nitrogens is 1. The van der Waals surface area contributed by atoms with Gasteiger partial charge in [0.2, 0.25) is 5.91 Å². The van der Waals surface area contributed by atoms with Crippen molar-refractivity contribution in [3.8, 4) is 5.69 Å². The lowest BCUT2D eigenvalue weighted by molar-refractivity contribution is -0.122. The third-order valence-corrected chi connectivity index (χ3v) is 4.76. The average molecular weight is 389 g/mol. The summed E-state index contributed by atoms with van der Waals surface area (Å²) < 4.78 is 2.92. The fourth-order valence-corrected chi connectivity index (χ4v) is 3.22. The van der Waals surface area contributed by atoms with E-state index < -0.39 is 11.1 Å². The van der Waals surface area contributed by atoms with Crippen LogP contribution in [0.25, 0.3) is 16.5 Å². The van der Waals surface area contributed by atoms with Crippen LogP contribution in [0.4, 0.5) is 0 Å². The van der Waals surface area contributed by atoms with Gasteiger partial charge < -0.3 is 9.88 Å². The summed E-state index contributed by atoms with van der Waals surface area (Å²) in [6, 6.07) is 14.0. The Hall–Kier alpha value is -3.94. The van der Waals surface area contributed by atoms with Crippen LogP contribution in [0.3, 0.4) is 0 Å². The van der Waals surface area contributed by atoms with Crippen LogP contribution in [-0.2, 0) is 11.3 Å². The maximum Gasteiger partial charge on any atom is 0.273 e. The molecule has 1 amide bonds. The van der Waals surface area contributed by atoms with E-state index in [9.17, 15) is 14.4 Å². The molecule has 4 aromatic rings. The van der Waals surface area contributed by atoms with Gasteiger partial charge in [-0.25, -0.2) is 9.67 Å². The number of hydrogen-bond acceptors (Lipinski definition) is 4. The van der Waals surface area contributed by atoms with Crippen molar-refractivity contribution in [3.05, 3.63) is 93.5 Å². The predicted octanol–water partition coefficient (Wildman–Crippen LogP) is 1.75. The minimum Gasteiger partial charge on any atom is -0.348 e.